The number of nitrogens with two attached hydrogens (primary N) is 1. The van der Waals surface area contributed by atoms with Crippen molar-refractivity contribution in [3.63, 3.8) is 0 Å². The molecular formula is C13H21N3O4S. The van der Waals surface area contributed by atoms with E-state index in [0.29, 0.717) is 43.1 Å². The first-order valence-corrected chi connectivity index (χ1v) is 8.47. The van der Waals surface area contributed by atoms with Crippen molar-refractivity contribution in [3.8, 4) is 0 Å². The Kier molecular flexibility index (Phi) is 6.44. The summed E-state index contributed by atoms with van der Waals surface area (Å²) in [6.45, 7) is 2.91. The molecule has 0 radical (unpaired) electrons. The predicted octanol–water partition coefficient (Wildman–Crippen LogP) is 0.797. The molecule has 0 amide bonds. The summed E-state index contributed by atoms with van der Waals surface area (Å²) in [5, 5.41) is 3.07. The topological polar surface area (TPSA) is 111 Å². The van der Waals surface area contributed by atoms with Crippen LogP contribution in [-0.4, -0.2) is 40.3 Å². The molecule has 8 heteroatoms. The molecule has 0 spiro atoms. The monoisotopic (exact) mass is 315 g/mol. The van der Waals surface area contributed by atoms with Gasteiger partial charge in [0.15, 0.2) is 0 Å². The number of sulfonamides is 1. The third-order valence-electron chi connectivity index (χ3n) is 2.60. The molecule has 0 bridgehead atoms. The molecule has 0 aliphatic rings. The number of nitrogens with one attached hydrogen (secondary N) is 2. The fourth-order valence-electron chi connectivity index (χ4n) is 1.62. The Morgan fingerprint density at radius 3 is 2.67 bits per heavy atom. The van der Waals surface area contributed by atoms with Crippen molar-refractivity contribution >= 4 is 27.4 Å². The van der Waals surface area contributed by atoms with Crippen molar-refractivity contribution in [1.82, 2.24) is 4.72 Å². The largest absolute Gasteiger partial charge is 0.462 e. The lowest BCUT2D eigenvalue weighted by Crippen LogP contribution is -2.24. The van der Waals surface area contributed by atoms with Gasteiger partial charge in [0.05, 0.1) is 29.8 Å². The highest BCUT2D eigenvalue weighted by atomic mass is 32.2. The minimum absolute atomic E-state index is 0.309. The van der Waals surface area contributed by atoms with Gasteiger partial charge in [-0.15, -0.1) is 0 Å². The summed E-state index contributed by atoms with van der Waals surface area (Å²) in [7, 11) is -3.17. The third-order valence-corrected chi connectivity index (χ3v) is 3.33. The van der Waals surface area contributed by atoms with Crippen molar-refractivity contribution in [2.45, 2.75) is 13.3 Å². The minimum Gasteiger partial charge on any atom is -0.462 e. The van der Waals surface area contributed by atoms with Gasteiger partial charge in [0.25, 0.3) is 0 Å². The second kappa shape index (κ2) is 7.84. The Morgan fingerprint density at radius 1 is 1.33 bits per heavy atom. The van der Waals surface area contributed by atoms with Gasteiger partial charge >= 0.3 is 5.97 Å². The molecular weight excluding hydrogens is 294 g/mol. The molecule has 0 aliphatic carbocycles. The van der Waals surface area contributed by atoms with Gasteiger partial charge in [0.1, 0.15) is 0 Å². The molecule has 21 heavy (non-hydrogen) atoms. The van der Waals surface area contributed by atoms with Crippen LogP contribution in [0.1, 0.15) is 23.7 Å². The maximum absolute atomic E-state index is 11.6. The second-order valence-corrected chi connectivity index (χ2v) is 6.30. The predicted molar refractivity (Wildman–Crippen MR) is 82.8 cm³/mol. The zero-order valence-corrected chi connectivity index (χ0v) is 13.0. The van der Waals surface area contributed by atoms with E-state index in [1.165, 1.54) is 0 Å². The molecule has 4 N–H and O–H groups in total. The van der Waals surface area contributed by atoms with Crippen LogP contribution in [0, 0.1) is 0 Å². The number of anilines is 2. The van der Waals surface area contributed by atoms with Gasteiger partial charge in [-0.05, 0) is 31.5 Å². The molecule has 0 aliphatic heterocycles. The Labute approximate surface area is 124 Å². The molecule has 118 valence electrons. The lowest BCUT2D eigenvalue weighted by Gasteiger charge is -2.11. The van der Waals surface area contributed by atoms with E-state index in [2.05, 4.69) is 10.0 Å². The summed E-state index contributed by atoms with van der Waals surface area (Å²) in [6, 6.07) is 4.85. The molecule has 0 aromatic heterocycles. The van der Waals surface area contributed by atoms with E-state index in [0.717, 1.165) is 6.26 Å². The maximum Gasteiger partial charge on any atom is 0.338 e. The fraction of sp³-hybridized carbons (Fsp3) is 0.462. The van der Waals surface area contributed by atoms with Crippen LogP contribution < -0.4 is 15.8 Å². The number of benzene rings is 1. The Morgan fingerprint density at radius 2 is 2.05 bits per heavy atom. The molecule has 1 aromatic rings. The highest BCUT2D eigenvalue weighted by molar-refractivity contribution is 7.88. The van der Waals surface area contributed by atoms with E-state index in [-0.39, 0.29) is 0 Å². The van der Waals surface area contributed by atoms with E-state index in [1.807, 2.05) is 0 Å². The number of rotatable bonds is 8. The molecule has 1 rings (SSSR count). The van der Waals surface area contributed by atoms with Gasteiger partial charge in [0, 0.05) is 13.1 Å². The minimum atomic E-state index is -3.17. The summed E-state index contributed by atoms with van der Waals surface area (Å²) in [5.74, 6) is -0.403. The van der Waals surface area contributed by atoms with Crippen LogP contribution in [0.3, 0.4) is 0 Å². The number of carbonyl (C=O) groups is 1. The van der Waals surface area contributed by atoms with Gasteiger partial charge in [-0.1, -0.05) is 0 Å². The molecule has 0 saturated carbocycles. The number of esters is 1. The molecule has 0 atom stereocenters. The quantitative estimate of drug-likeness (QED) is 0.372. The SMILES string of the molecule is CCOC(=O)c1ccc(N)c(NCCCNS(C)(=O)=O)c1. The van der Waals surface area contributed by atoms with Gasteiger partial charge in [-0.2, -0.15) is 0 Å². The smallest absolute Gasteiger partial charge is 0.338 e. The second-order valence-electron chi connectivity index (χ2n) is 4.47. The van der Waals surface area contributed by atoms with Crippen LogP contribution in [0.2, 0.25) is 0 Å². The standard InChI is InChI=1S/C13H21N3O4S/c1-3-20-13(17)10-5-6-11(14)12(9-10)15-7-4-8-16-21(2,18)19/h5-6,9,15-16H,3-4,7-8,14H2,1-2H3. The molecule has 0 saturated heterocycles. The highest BCUT2D eigenvalue weighted by Gasteiger charge is 2.09. The van der Waals surface area contributed by atoms with E-state index in [4.69, 9.17) is 10.5 Å². The van der Waals surface area contributed by atoms with Gasteiger partial charge in [0.2, 0.25) is 10.0 Å². The lowest BCUT2D eigenvalue weighted by atomic mass is 10.1. The highest BCUT2D eigenvalue weighted by Crippen LogP contribution is 2.20. The number of ether oxygens (including phenoxy) is 1. The molecule has 0 heterocycles. The molecule has 7 nitrogen and oxygen atoms in total. The van der Waals surface area contributed by atoms with Crippen LogP contribution in [0.25, 0.3) is 0 Å². The first-order valence-electron chi connectivity index (χ1n) is 6.58. The molecule has 1 aromatic carbocycles. The zero-order chi connectivity index (χ0) is 15.9. The van der Waals surface area contributed by atoms with Gasteiger partial charge in [-0.25, -0.2) is 17.9 Å². The summed E-state index contributed by atoms with van der Waals surface area (Å²) in [6.07, 6.45) is 1.71. The van der Waals surface area contributed by atoms with Crippen LogP contribution in [0.15, 0.2) is 18.2 Å². The van der Waals surface area contributed by atoms with Crippen molar-refractivity contribution < 1.29 is 17.9 Å². The first-order chi connectivity index (χ1) is 9.83. The number of hydrogen-bond acceptors (Lipinski definition) is 6. The normalized spacial score (nSPS) is 11.1. The van der Waals surface area contributed by atoms with Crippen LogP contribution in [0.5, 0.6) is 0 Å². The Hall–Kier alpha value is -1.80. The van der Waals surface area contributed by atoms with Gasteiger partial charge in [-0.3, -0.25) is 0 Å². The average Bonchev–Trinajstić information content (AvgIpc) is 2.39. The Bertz CT molecular complexity index is 587. The lowest BCUT2D eigenvalue weighted by molar-refractivity contribution is 0.0526. The van der Waals surface area contributed by atoms with Crippen molar-refractivity contribution in [1.29, 1.82) is 0 Å². The summed E-state index contributed by atoms with van der Waals surface area (Å²) in [5.41, 5.74) is 7.38. The summed E-state index contributed by atoms with van der Waals surface area (Å²) >= 11 is 0. The van der Waals surface area contributed by atoms with Gasteiger partial charge < -0.3 is 15.8 Å². The van der Waals surface area contributed by atoms with Crippen molar-refractivity contribution in [2.75, 3.05) is 37.0 Å². The third kappa shape index (κ3) is 6.46. The zero-order valence-electron chi connectivity index (χ0n) is 12.2. The summed E-state index contributed by atoms with van der Waals surface area (Å²) in [4.78, 5) is 11.6. The van der Waals surface area contributed by atoms with E-state index in [9.17, 15) is 13.2 Å². The number of hydrogen-bond donors (Lipinski definition) is 3. The van der Waals surface area contributed by atoms with E-state index < -0.39 is 16.0 Å². The maximum atomic E-state index is 11.6. The average molecular weight is 315 g/mol. The van der Waals surface area contributed by atoms with Crippen molar-refractivity contribution in [3.05, 3.63) is 23.8 Å². The molecule has 0 unspecified atom stereocenters. The number of carbonyl (C=O) groups excluding carboxylic acids is 1. The van der Waals surface area contributed by atoms with E-state index in [1.54, 1.807) is 25.1 Å². The van der Waals surface area contributed by atoms with Crippen LogP contribution >= 0.6 is 0 Å². The van der Waals surface area contributed by atoms with E-state index >= 15 is 0 Å². The van der Waals surface area contributed by atoms with Crippen LogP contribution in [-0.2, 0) is 14.8 Å². The fourth-order valence-corrected chi connectivity index (χ4v) is 2.13. The van der Waals surface area contributed by atoms with Crippen molar-refractivity contribution in [2.24, 2.45) is 0 Å². The summed E-state index contributed by atoms with van der Waals surface area (Å²) < 4.78 is 29.1. The number of nitrogen functional groups attached to an aromatic ring is 1. The first kappa shape index (κ1) is 17.3. The molecule has 0 fully saturated rings. The van der Waals surface area contributed by atoms with Crippen LogP contribution in [0.4, 0.5) is 11.4 Å². The Balaban J connectivity index is 2.54.